The van der Waals surface area contributed by atoms with Gasteiger partial charge in [0.15, 0.2) is 18.7 Å². The van der Waals surface area contributed by atoms with Gasteiger partial charge in [0.1, 0.15) is 6.54 Å². The summed E-state index contributed by atoms with van der Waals surface area (Å²) < 4.78 is 4.86. The number of aldehydes is 1. The lowest BCUT2D eigenvalue weighted by Crippen LogP contribution is -2.21. The van der Waals surface area contributed by atoms with Crippen molar-refractivity contribution in [3.63, 3.8) is 0 Å². The summed E-state index contributed by atoms with van der Waals surface area (Å²) >= 11 is 0. The molecule has 0 aliphatic rings. The van der Waals surface area contributed by atoms with Crippen LogP contribution in [0.5, 0.6) is 0 Å². The number of nitrogens with zero attached hydrogens (tertiary/aromatic N) is 2. The largest absolute Gasteiger partial charge is 0.456 e. The highest BCUT2D eigenvalue weighted by Gasteiger charge is 2.09. The molecule has 0 aliphatic heterocycles. The van der Waals surface area contributed by atoms with E-state index in [-0.39, 0.29) is 24.9 Å². The molecular weight excluding hydrogens is 286 g/mol. The van der Waals surface area contributed by atoms with Crippen molar-refractivity contribution in [3.8, 4) is 0 Å². The first-order valence-corrected chi connectivity index (χ1v) is 6.44. The molecule has 7 nitrogen and oxygen atoms in total. The molecule has 112 valence electrons. The summed E-state index contributed by atoms with van der Waals surface area (Å²) in [6, 6.07) is 8.56. The van der Waals surface area contributed by atoms with E-state index in [2.05, 4.69) is 15.3 Å². The van der Waals surface area contributed by atoms with Crippen molar-refractivity contribution >= 4 is 24.0 Å². The van der Waals surface area contributed by atoms with E-state index in [0.717, 1.165) is 0 Å². The van der Waals surface area contributed by atoms with Crippen LogP contribution in [0.1, 0.15) is 20.7 Å². The molecule has 2 aromatic rings. The highest BCUT2D eigenvalue weighted by Crippen LogP contribution is 2.01. The van der Waals surface area contributed by atoms with Gasteiger partial charge in [0.25, 0.3) is 0 Å². The van der Waals surface area contributed by atoms with Gasteiger partial charge in [-0.15, -0.1) is 0 Å². The summed E-state index contributed by atoms with van der Waals surface area (Å²) in [4.78, 5) is 41.4. The molecule has 0 unspecified atom stereocenters. The van der Waals surface area contributed by atoms with Crippen LogP contribution in [0.15, 0.2) is 42.7 Å². The second-order valence-corrected chi connectivity index (χ2v) is 4.26. The van der Waals surface area contributed by atoms with Crippen LogP contribution in [0.3, 0.4) is 0 Å². The maximum Gasteiger partial charge on any atom is 0.325 e. The summed E-state index contributed by atoms with van der Waals surface area (Å²) in [5.41, 5.74) is 0.817. The number of ether oxygens (including phenoxy) is 1. The molecule has 0 bridgehead atoms. The number of hydrogen-bond acceptors (Lipinski definition) is 7. The number of nitrogens with one attached hydrogen (secondary N) is 1. The molecule has 2 rings (SSSR count). The van der Waals surface area contributed by atoms with Crippen LogP contribution >= 0.6 is 0 Å². The minimum absolute atomic E-state index is 0.178. The predicted octanol–water partition coefficient (Wildman–Crippen LogP) is 1.13. The molecule has 0 saturated heterocycles. The highest BCUT2D eigenvalue weighted by molar-refractivity contribution is 5.98. The van der Waals surface area contributed by atoms with Gasteiger partial charge < -0.3 is 10.1 Å². The van der Waals surface area contributed by atoms with Gasteiger partial charge in [-0.3, -0.25) is 14.4 Å². The molecule has 0 radical (unpaired) electrons. The lowest BCUT2D eigenvalue weighted by molar-refractivity contribution is -0.140. The lowest BCUT2D eigenvalue weighted by Gasteiger charge is -2.06. The van der Waals surface area contributed by atoms with Crippen LogP contribution in [0.25, 0.3) is 0 Å². The van der Waals surface area contributed by atoms with Gasteiger partial charge in [0.2, 0.25) is 5.95 Å². The minimum Gasteiger partial charge on any atom is -0.456 e. The fraction of sp³-hybridized carbons (Fsp3) is 0.133. The van der Waals surface area contributed by atoms with E-state index in [9.17, 15) is 14.4 Å². The van der Waals surface area contributed by atoms with Crippen LogP contribution in [-0.4, -0.2) is 41.2 Å². The number of anilines is 1. The molecule has 1 aromatic heterocycles. The summed E-state index contributed by atoms with van der Waals surface area (Å²) in [5, 5.41) is 2.64. The maximum absolute atomic E-state index is 11.7. The van der Waals surface area contributed by atoms with E-state index < -0.39 is 5.97 Å². The van der Waals surface area contributed by atoms with Gasteiger partial charge in [-0.05, 0) is 0 Å². The van der Waals surface area contributed by atoms with Crippen molar-refractivity contribution in [3.05, 3.63) is 53.9 Å². The molecule has 0 aliphatic carbocycles. The number of rotatable bonds is 7. The Labute approximate surface area is 126 Å². The zero-order chi connectivity index (χ0) is 15.8. The zero-order valence-electron chi connectivity index (χ0n) is 11.6. The molecular formula is C15H13N3O4. The third-order valence-corrected chi connectivity index (χ3v) is 2.66. The third kappa shape index (κ3) is 4.48. The average Bonchev–Trinajstić information content (AvgIpc) is 2.59. The van der Waals surface area contributed by atoms with Gasteiger partial charge in [0.05, 0.1) is 5.56 Å². The molecule has 1 aromatic carbocycles. The quantitative estimate of drug-likeness (QED) is 0.465. The van der Waals surface area contributed by atoms with E-state index in [1.807, 2.05) is 0 Å². The van der Waals surface area contributed by atoms with Gasteiger partial charge >= 0.3 is 5.97 Å². The minimum atomic E-state index is -0.604. The molecule has 1 heterocycles. The average molecular weight is 299 g/mol. The lowest BCUT2D eigenvalue weighted by atomic mass is 10.1. The van der Waals surface area contributed by atoms with Crippen molar-refractivity contribution in [1.29, 1.82) is 0 Å². The molecule has 0 atom stereocenters. The highest BCUT2D eigenvalue weighted by atomic mass is 16.5. The Morgan fingerprint density at radius 1 is 1.14 bits per heavy atom. The van der Waals surface area contributed by atoms with Crippen LogP contribution < -0.4 is 5.32 Å². The number of carbonyl (C=O) groups excluding carboxylic acids is 3. The van der Waals surface area contributed by atoms with E-state index >= 15 is 0 Å². The maximum atomic E-state index is 11.7. The SMILES string of the molecule is O=Cc1cnc(NCC(=O)OCC(=O)c2ccccc2)nc1. The summed E-state index contributed by atoms with van der Waals surface area (Å²) in [5.74, 6) is -0.690. The van der Waals surface area contributed by atoms with Crippen LogP contribution in [0, 0.1) is 0 Å². The Balaban J connectivity index is 1.76. The molecule has 7 heteroatoms. The fourth-order valence-corrected chi connectivity index (χ4v) is 1.55. The Morgan fingerprint density at radius 3 is 2.45 bits per heavy atom. The van der Waals surface area contributed by atoms with Gasteiger partial charge in [0, 0.05) is 18.0 Å². The van der Waals surface area contributed by atoms with Gasteiger partial charge in [-0.1, -0.05) is 30.3 Å². The number of esters is 1. The monoisotopic (exact) mass is 299 g/mol. The van der Waals surface area contributed by atoms with E-state index in [1.165, 1.54) is 12.4 Å². The summed E-state index contributed by atoms with van der Waals surface area (Å²) in [7, 11) is 0. The molecule has 0 amide bonds. The van der Waals surface area contributed by atoms with E-state index in [0.29, 0.717) is 17.4 Å². The Morgan fingerprint density at radius 2 is 1.82 bits per heavy atom. The number of benzene rings is 1. The molecule has 1 N–H and O–H groups in total. The van der Waals surface area contributed by atoms with Crippen molar-refractivity contribution in [2.24, 2.45) is 0 Å². The number of hydrogen-bond donors (Lipinski definition) is 1. The summed E-state index contributed by atoms with van der Waals surface area (Å²) in [6.07, 6.45) is 3.27. The Kier molecular flexibility index (Phi) is 5.31. The molecule has 22 heavy (non-hydrogen) atoms. The molecule has 0 saturated carbocycles. The van der Waals surface area contributed by atoms with Crippen LogP contribution in [-0.2, 0) is 9.53 Å². The Hall–Kier alpha value is -3.09. The first-order chi connectivity index (χ1) is 10.7. The van der Waals surface area contributed by atoms with E-state index in [1.54, 1.807) is 30.3 Å². The predicted molar refractivity (Wildman–Crippen MR) is 77.6 cm³/mol. The normalized spacial score (nSPS) is 9.82. The van der Waals surface area contributed by atoms with Crippen LogP contribution in [0.4, 0.5) is 5.95 Å². The van der Waals surface area contributed by atoms with Crippen molar-refractivity contribution in [2.75, 3.05) is 18.5 Å². The van der Waals surface area contributed by atoms with Crippen molar-refractivity contribution in [2.45, 2.75) is 0 Å². The third-order valence-electron chi connectivity index (χ3n) is 2.66. The van der Waals surface area contributed by atoms with Crippen molar-refractivity contribution in [1.82, 2.24) is 9.97 Å². The number of carbonyl (C=O) groups is 3. The second kappa shape index (κ2) is 7.63. The molecule has 0 fully saturated rings. The fourth-order valence-electron chi connectivity index (χ4n) is 1.55. The van der Waals surface area contributed by atoms with Gasteiger partial charge in [-0.25, -0.2) is 9.97 Å². The first-order valence-electron chi connectivity index (χ1n) is 6.44. The number of ketones is 1. The van der Waals surface area contributed by atoms with Gasteiger partial charge in [-0.2, -0.15) is 0 Å². The second-order valence-electron chi connectivity index (χ2n) is 4.26. The molecule has 0 spiro atoms. The number of Topliss-reactive ketones (excluding diaryl/α,β-unsaturated/α-hetero) is 1. The Bertz CT molecular complexity index is 656. The van der Waals surface area contributed by atoms with Crippen LogP contribution in [0.2, 0.25) is 0 Å². The number of aromatic nitrogens is 2. The smallest absolute Gasteiger partial charge is 0.325 e. The van der Waals surface area contributed by atoms with E-state index in [4.69, 9.17) is 4.74 Å². The first kappa shape index (κ1) is 15.3. The zero-order valence-corrected chi connectivity index (χ0v) is 11.6. The summed E-state index contributed by atoms with van der Waals surface area (Å²) in [6.45, 7) is -0.502. The topological polar surface area (TPSA) is 98.3 Å². The van der Waals surface area contributed by atoms with Crippen molar-refractivity contribution < 1.29 is 19.1 Å². The standard InChI is InChI=1S/C15H13N3O4/c19-9-11-6-16-15(17-7-11)18-8-14(21)22-10-13(20)12-4-2-1-3-5-12/h1-7,9H,8,10H2,(H,16,17,18).